The lowest BCUT2D eigenvalue weighted by Gasteiger charge is -2.36. The van der Waals surface area contributed by atoms with Crippen molar-refractivity contribution in [1.82, 2.24) is 0 Å². The largest absolute Gasteiger partial charge is 0.403 e. The highest BCUT2D eigenvalue weighted by Crippen LogP contribution is 2.45. The van der Waals surface area contributed by atoms with Crippen LogP contribution >= 0.6 is 7.94 Å². The Morgan fingerprint density at radius 3 is 1.19 bits per heavy atom. The zero-order chi connectivity index (χ0) is 22.7. The van der Waals surface area contributed by atoms with Crippen LogP contribution in [0.3, 0.4) is 0 Å². The van der Waals surface area contributed by atoms with Gasteiger partial charge in [0.1, 0.15) is 6.16 Å². The molecule has 4 heteroatoms. The van der Waals surface area contributed by atoms with E-state index in [-0.39, 0.29) is 11.6 Å². The maximum Gasteiger partial charge on any atom is 0.403 e. The number of hydrogen-bond acceptors (Lipinski definition) is 3. The van der Waals surface area contributed by atoms with Crippen molar-refractivity contribution >= 4 is 7.94 Å². The zero-order valence-electron chi connectivity index (χ0n) is 18.8. The SMILES string of the molecule is O[P+](O)(O)CCCCCCCCCC(c1ccccc1)(c1ccccc1)c1ccccc1. The van der Waals surface area contributed by atoms with Crippen LogP contribution in [0, 0.1) is 0 Å². The molecule has 0 atom stereocenters. The summed E-state index contributed by atoms with van der Waals surface area (Å²) in [6.45, 7) is 0. The highest BCUT2D eigenvalue weighted by molar-refractivity contribution is 7.58. The molecular formula is C28H36O3P+. The lowest BCUT2D eigenvalue weighted by molar-refractivity contribution is 0.328. The van der Waals surface area contributed by atoms with Crippen LogP contribution in [0.1, 0.15) is 68.1 Å². The fourth-order valence-electron chi connectivity index (χ4n) is 4.70. The van der Waals surface area contributed by atoms with Gasteiger partial charge in [0, 0.05) is 5.41 Å². The summed E-state index contributed by atoms with van der Waals surface area (Å²) in [6.07, 6.45) is 8.48. The second-order valence-corrected chi connectivity index (χ2v) is 10.5. The Hall–Kier alpha value is -2.03. The van der Waals surface area contributed by atoms with Gasteiger partial charge in [-0.3, -0.25) is 0 Å². The predicted octanol–water partition coefficient (Wildman–Crippen LogP) is 6.88. The van der Waals surface area contributed by atoms with Crippen molar-refractivity contribution in [3.05, 3.63) is 108 Å². The van der Waals surface area contributed by atoms with Gasteiger partial charge in [-0.05, 0) is 36.0 Å². The van der Waals surface area contributed by atoms with Gasteiger partial charge in [-0.15, -0.1) is 0 Å². The number of hydrogen-bond donors (Lipinski definition) is 3. The highest BCUT2D eigenvalue weighted by atomic mass is 31.2. The van der Waals surface area contributed by atoms with Gasteiger partial charge in [0.2, 0.25) is 0 Å². The Bertz CT molecular complexity index is 796. The second-order valence-electron chi connectivity index (χ2n) is 8.64. The summed E-state index contributed by atoms with van der Waals surface area (Å²) in [5.41, 5.74) is 3.84. The van der Waals surface area contributed by atoms with Crippen molar-refractivity contribution in [1.29, 1.82) is 0 Å². The van der Waals surface area contributed by atoms with E-state index in [9.17, 15) is 0 Å². The zero-order valence-corrected chi connectivity index (χ0v) is 19.7. The van der Waals surface area contributed by atoms with Crippen LogP contribution < -0.4 is 0 Å². The Balaban J connectivity index is 1.68. The van der Waals surface area contributed by atoms with Gasteiger partial charge in [-0.2, -0.15) is 14.7 Å². The first-order chi connectivity index (χ1) is 15.5. The minimum absolute atomic E-state index is 0.126. The molecule has 0 aliphatic carbocycles. The summed E-state index contributed by atoms with van der Waals surface area (Å²) in [6, 6.07) is 32.6. The van der Waals surface area contributed by atoms with E-state index < -0.39 is 7.94 Å². The monoisotopic (exact) mass is 451 g/mol. The molecule has 0 aliphatic heterocycles. The minimum Gasteiger partial charge on any atom is -0.193 e. The third kappa shape index (κ3) is 6.98. The van der Waals surface area contributed by atoms with Crippen molar-refractivity contribution in [2.45, 2.75) is 56.8 Å². The van der Waals surface area contributed by atoms with E-state index >= 15 is 0 Å². The van der Waals surface area contributed by atoms with Gasteiger partial charge in [-0.25, -0.2) is 0 Å². The van der Waals surface area contributed by atoms with Gasteiger partial charge in [-0.1, -0.05) is 123 Å². The smallest absolute Gasteiger partial charge is 0.193 e. The van der Waals surface area contributed by atoms with Crippen molar-refractivity contribution in [3.8, 4) is 0 Å². The molecule has 0 amide bonds. The summed E-state index contributed by atoms with van der Waals surface area (Å²) in [5.74, 6) is 0. The van der Waals surface area contributed by atoms with Crippen molar-refractivity contribution in [3.63, 3.8) is 0 Å². The highest BCUT2D eigenvalue weighted by Gasteiger charge is 2.35. The van der Waals surface area contributed by atoms with E-state index in [4.69, 9.17) is 14.7 Å². The van der Waals surface area contributed by atoms with Gasteiger partial charge >= 0.3 is 7.94 Å². The van der Waals surface area contributed by atoms with Gasteiger partial charge in [0.15, 0.2) is 0 Å². The van der Waals surface area contributed by atoms with Crippen LogP contribution in [0.2, 0.25) is 0 Å². The Morgan fingerprint density at radius 1 is 0.469 bits per heavy atom. The first kappa shape index (κ1) is 24.6. The van der Waals surface area contributed by atoms with E-state index in [0.717, 1.165) is 32.1 Å². The molecule has 32 heavy (non-hydrogen) atoms. The van der Waals surface area contributed by atoms with Crippen LogP contribution in [-0.4, -0.2) is 20.8 Å². The van der Waals surface area contributed by atoms with Crippen LogP contribution in [0.25, 0.3) is 0 Å². The number of unbranched alkanes of at least 4 members (excludes halogenated alkanes) is 6. The molecule has 0 saturated carbocycles. The molecule has 170 valence electrons. The van der Waals surface area contributed by atoms with Crippen LogP contribution in [-0.2, 0) is 5.41 Å². The second kappa shape index (κ2) is 12.3. The van der Waals surface area contributed by atoms with Crippen molar-refractivity contribution in [2.75, 3.05) is 6.16 Å². The predicted molar refractivity (Wildman–Crippen MR) is 135 cm³/mol. The Morgan fingerprint density at radius 2 is 0.812 bits per heavy atom. The summed E-state index contributed by atoms with van der Waals surface area (Å²) in [7, 11) is -3.59. The summed E-state index contributed by atoms with van der Waals surface area (Å²) in [5, 5.41) is 0. The minimum atomic E-state index is -3.59. The molecule has 0 bridgehead atoms. The van der Waals surface area contributed by atoms with Crippen LogP contribution in [0.5, 0.6) is 0 Å². The summed E-state index contributed by atoms with van der Waals surface area (Å²) < 4.78 is 0. The normalized spacial score (nSPS) is 12.1. The molecule has 0 aromatic heterocycles. The third-order valence-corrected chi connectivity index (χ3v) is 7.23. The summed E-state index contributed by atoms with van der Waals surface area (Å²) in [4.78, 5) is 27.2. The van der Waals surface area contributed by atoms with Crippen LogP contribution in [0.4, 0.5) is 0 Å². The fraction of sp³-hybridized carbons (Fsp3) is 0.357. The van der Waals surface area contributed by atoms with E-state index in [1.807, 2.05) is 0 Å². The molecule has 0 unspecified atom stereocenters. The average Bonchev–Trinajstić information content (AvgIpc) is 2.82. The lowest BCUT2D eigenvalue weighted by atomic mass is 9.66. The van der Waals surface area contributed by atoms with E-state index in [1.54, 1.807) is 0 Å². The fourth-order valence-corrected chi connectivity index (χ4v) is 5.35. The molecule has 3 aromatic rings. The molecule has 0 saturated heterocycles. The maximum absolute atomic E-state index is 9.07. The van der Waals surface area contributed by atoms with Crippen LogP contribution in [0.15, 0.2) is 91.0 Å². The Kier molecular flexibility index (Phi) is 9.44. The molecule has 0 fully saturated rings. The summed E-state index contributed by atoms with van der Waals surface area (Å²) >= 11 is 0. The Labute approximate surface area is 193 Å². The molecule has 3 nitrogen and oxygen atoms in total. The molecule has 0 heterocycles. The first-order valence-corrected chi connectivity index (χ1v) is 13.6. The van der Waals surface area contributed by atoms with Crippen molar-refractivity contribution < 1.29 is 14.7 Å². The van der Waals surface area contributed by atoms with Gasteiger partial charge in [0.05, 0.1) is 0 Å². The van der Waals surface area contributed by atoms with Gasteiger partial charge in [0.25, 0.3) is 0 Å². The molecule has 3 N–H and O–H groups in total. The lowest BCUT2D eigenvalue weighted by Crippen LogP contribution is -2.29. The maximum atomic E-state index is 9.07. The number of benzene rings is 3. The van der Waals surface area contributed by atoms with Gasteiger partial charge < -0.3 is 0 Å². The molecule has 3 rings (SSSR count). The van der Waals surface area contributed by atoms with Crippen molar-refractivity contribution in [2.24, 2.45) is 0 Å². The standard InChI is InChI=1S/C28H36O3P/c29-32(30,31)24-16-5-3-1-2-4-15-23-28(25-17-9-6-10-18-25,26-19-11-7-12-20-26)27-21-13-8-14-22-27/h6-14,17-22,29-31H,1-5,15-16,23-24H2/q+1. The molecule has 0 aliphatic rings. The average molecular weight is 452 g/mol. The molecule has 0 spiro atoms. The first-order valence-electron chi connectivity index (χ1n) is 11.8. The number of rotatable bonds is 13. The topological polar surface area (TPSA) is 60.7 Å². The molecule has 0 radical (unpaired) electrons. The third-order valence-electron chi connectivity index (χ3n) is 6.31. The quantitative estimate of drug-likeness (QED) is 0.151. The van der Waals surface area contributed by atoms with E-state index in [1.165, 1.54) is 29.5 Å². The van der Waals surface area contributed by atoms with E-state index in [0.29, 0.717) is 6.42 Å². The molecule has 3 aromatic carbocycles. The molecular weight excluding hydrogens is 415 g/mol. The van der Waals surface area contributed by atoms with E-state index in [2.05, 4.69) is 91.0 Å².